The van der Waals surface area contributed by atoms with Gasteiger partial charge >= 0.3 is 0 Å². The van der Waals surface area contributed by atoms with E-state index in [1.165, 1.54) is 16.4 Å². The van der Waals surface area contributed by atoms with Crippen LogP contribution in [0, 0.1) is 5.82 Å². The van der Waals surface area contributed by atoms with Crippen molar-refractivity contribution in [1.29, 1.82) is 0 Å². The Balaban J connectivity index is 2.39. The number of hydrogen-bond donors (Lipinski definition) is 0. The average Bonchev–Trinajstić information content (AvgIpc) is 2.38. The van der Waals surface area contributed by atoms with Crippen molar-refractivity contribution in [3.63, 3.8) is 0 Å². The zero-order valence-electron chi connectivity index (χ0n) is 11.3. The normalized spacial score (nSPS) is 24.8. The molecule has 1 aliphatic rings. The van der Waals surface area contributed by atoms with E-state index in [0.717, 1.165) is 6.07 Å². The standard InChI is InChI=1S/C13H17ClFNO2S2/c1-9-7-16(8-10(2)19-9)20(17,18)13-5-11(6-14)3-4-12(13)15/h3-5,9-10H,6-8H2,1-2H3. The van der Waals surface area contributed by atoms with Crippen LogP contribution in [-0.4, -0.2) is 36.3 Å². The molecule has 0 aliphatic carbocycles. The summed E-state index contributed by atoms with van der Waals surface area (Å²) in [5, 5.41) is 0.403. The summed E-state index contributed by atoms with van der Waals surface area (Å²) >= 11 is 7.45. The Morgan fingerprint density at radius 2 is 1.95 bits per heavy atom. The first-order chi connectivity index (χ1) is 9.34. The van der Waals surface area contributed by atoms with Gasteiger partial charge in [0.15, 0.2) is 0 Å². The van der Waals surface area contributed by atoms with Gasteiger partial charge in [0.25, 0.3) is 0 Å². The van der Waals surface area contributed by atoms with Gasteiger partial charge in [0.05, 0.1) is 0 Å². The fraction of sp³-hybridized carbons (Fsp3) is 0.538. The fourth-order valence-electron chi connectivity index (χ4n) is 2.29. The monoisotopic (exact) mass is 337 g/mol. The third-order valence-electron chi connectivity index (χ3n) is 3.15. The summed E-state index contributed by atoms with van der Waals surface area (Å²) in [6.45, 7) is 4.77. The fourth-order valence-corrected chi connectivity index (χ4v) is 5.71. The van der Waals surface area contributed by atoms with Gasteiger partial charge in [0, 0.05) is 29.5 Å². The van der Waals surface area contributed by atoms with E-state index < -0.39 is 15.8 Å². The Hall–Kier alpha value is -0.300. The molecule has 2 unspecified atom stereocenters. The first-order valence-corrected chi connectivity index (χ1v) is 9.26. The van der Waals surface area contributed by atoms with Gasteiger partial charge in [0.1, 0.15) is 10.7 Å². The van der Waals surface area contributed by atoms with Crippen molar-refractivity contribution in [1.82, 2.24) is 4.31 Å². The molecule has 0 saturated carbocycles. The molecule has 1 heterocycles. The van der Waals surface area contributed by atoms with Gasteiger partial charge < -0.3 is 0 Å². The van der Waals surface area contributed by atoms with Gasteiger partial charge in [-0.3, -0.25) is 0 Å². The molecule has 1 saturated heterocycles. The van der Waals surface area contributed by atoms with Crippen molar-refractivity contribution in [2.45, 2.75) is 35.1 Å². The summed E-state index contributed by atoms with van der Waals surface area (Å²) < 4.78 is 40.5. The van der Waals surface area contributed by atoms with Gasteiger partial charge in [0.2, 0.25) is 10.0 Å². The third-order valence-corrected chi connectivity index (χ3v) is 6.54. The molecule has 2 rings (SSSR count). The van der Waals surface area contributed by atoms with Gasteiger partial charge in [-0.05, 0) is 17.7 Å². The predicted molar refractivity (Wildman–Crippen MR) is 81.2 cm³/mol. The number of benzene rings is 1. The van der Waals surface area contributed by atoms with Crippen LogP contribution >= 0.6 is 23.4 Å². The Morgan fingerprint density at radius 1 is 1.35 bits per heavy atom. The molecule has 0 amide bonds. The van der Waals surface area contributed by atoms with Crippen LogP contribution in [0.3, 0.4) is 0 Å². The molecular weight excluding hydrogens is 321 g/mol. The van der Waals surface area contributed by atoms with E-state index in [1.54, 1.807) is 11.8 Å². The summed E-state index contributed by atoms with van der Waals surface area (Å²) in [6, 6.07) is 3.99. The maximum absolute atomic E-state index is 13.9. The summed E-state index contributed by atoms with van der Waals surface area (Å²) in [5.41, 5.74) is 0.596. The first-order valence-electron chi connectivity index (χ1n) is 6.34. The quantitative estimate of drug-likeness (QED) is 0.795. The van der Waals surface area contributed by atoms with E-state index in [1.807, 2.05) is 13.8 Å². The van der Waals surface area contributed by atoms with Crippen LogP contribution in [0.25, 0.3) is 0 Å². The molecule has 0 aromatic heterocycles. The van der Waals surface area contributed by atoms with E-state index >= 15 is 0 Å². The molecule has 1 aliphatic heterocycles. The minimum atomic E-state index is -3.80. The molecule has 1 fully saturated rings. The van der Waals surface area contributed by atoms with Gasteiger partial charge in [-0.15, -0.1) is 11.6 Å². The van der Waals surface area contributed by atoms with E-state index in [0.29, 0.717) is 18.7 Å². The number of nitrogens with zero attached hydrogens (tertiary/aromatic N) is 1. The largest absolute Gasteiger partial charge is 0.246 e. The highest BCUT2D eigenvalue weighted by Crippen LogP contribution is 2.30. The second-order valence-electron chi connectivity index (χ2n) is 4.98. The summed E-state index contributed by atoms with van der Waals surface area (Å²) in [4.78, 5) is -0.276. The van der Waals surface area contributed by atoms with Crippen molar-refractivity contribution in [2.75, 3.05) is 13.1 Å². The smallest absolute Gasteiger partial charge is 0.207 e. The SMILES string of the molecule is CC1CN(S(=O)(=O)c2cc(CCl)ccc2F)CC(C)S1. The lowest BCUT2D eigenvalue weighted by atomic mass is 10.2. The Bertz CT molecular complexity index is 584. The Morgan fingerprint density at radius 3 is 2.50 bits per heavy atom. The molecule has 0 bridgehead atoms. The van der Waals surface area contributed by atoms with E-state index in [4.69, 9.17) is 11.6 Å². The van der Waals surface area contributed by atoms with Crippen LogP contribution in [0.1, 0.15) is 19.4 Å². The van der Waals surface area contributed by atoms with Crippen molar-refractivity contribution >= 4 is 33.4 Å². The van der Waals surface area contributed by atoms with Gasteiger partial charge in [-0.25, -0.2) is 12.8 Å². The average molecular weight is 338 g/mol. The molecule has 0 radical (unpaired) electrons. The molecule has 0 spiro atoms. The van der Waals surface area contributed by atoms with Crippen LogP contribution in [0.5, 0.6) is 0 Å². The van der Waals surface area contributed by atoms with Crippen molar-refractivity contribution in [3.8, 4) is 0 Å². The van der Waals surface area contributed by atoms with Crippen LogP contribution in [0.15, 0.2) is 23.1 Å². The lowest BCUT2D eigenvalue weighted by Gasteiger charge is -2.33. The predicted octanol–water partition coefficient (Wildman–Crippen LogP) is 3.08. The zero-order valence-corrected chi connectivity index (χ0v) is 13.7. The highest BCUT2D eigenvalue weighted by atomic mass is 35.5. The molecule has 7 heteroatoms. The topological polar surface area (TPSA) is 37.4 Å². The number of hydrogen-bond acceptors (Lipinski definition) is 3. The highest BCUT2D eigenvalue weighted by Gasteiger charge is 2.33. The van der Waals surface area contributed by atoms with E-state index in [-0.39, 0.29) is 21.3 Å². The summed E-state index contributed by atoms with van der Waals surface area (Å²) in [6.07, 6.45) is 0. The number of sulfonamides is 1. The minimum Gasteiger partial charge on any atom is -0.207 e. The first kappa shape index (κ1) is 16.1. The molecule has 1 aromatic carbocycles. The van der Waals surface area contributed by atoms with Crippen molar-refractivity contribution < 1.29 is 12.8 Å². The summed E-state index contributed by atoms with van der Waals surface area (Å²) in [7, 11) is -3.80. The number of alkyl halides is 1. The minimum absolute atomic E-state index is 0.158. The second kappa shape index (κ2) is 6.22. The molecule has 1 aromatic rings. The van der Waals surface area contributed by atoms with Gasteiger partial charge in [-0.1, -0.05) is 19.9 Å². The lowest BCUT2D eigenvalue weighted by Crippen LogP contribution is -2.44. The Labute approximate surface area is 128 Å². The second-order valence-corrected chi connectivity index (χ2v) is 9.03. The number of halogens is 2. The molecular formula is C13H17ClFNO2S2. The van der Waals surface area contributed by atoms with Crippen molar-refractivity contribution in [3.05, 3.63) is 29.6 Å². The van der Waals surface area contributed by atoms with Crippen LogP contribution in [-0.2, 0) is 15.9 Å². The lowest BCUT2D eigenvalue weighted by molar-refractivity contribution is 0.401. The van der Waals surface area contributed by atoms with Crippen LogP contribution < -0.4 is 0 Å². The van der Waals surface area contributed by atoms with E-state index in [9.17, 15) is 12.8 Å². The van der Waals surface area contributed by atoms with Crippen LogP contribution in [0.2, 0.25) is 0 Å². The summed E-state index contributed by atoms with van der Waals surface area (Å²) in [5.74, 6) is -0.566. The number of rotatable bonds is 3. The zero-order chi connectivity index (χ0) is 14.9. The molecule has 20 heavy (non-hydrogen) atoms. The number of thioether (sulfide) groups is 1. The maximum atomic E-state index is 13.9. The molecule has 0 N–H and O–H groups in total. The van der Waals surface area contributed by atoms with Gasteiger partial charge in [-0.2, -0.15) is 16.1 Å². The van der Waals surface area contributed by atoms with E-state index in [2.05, 4.69) is 0 Å². The van der Waals surface area contributed by atoms with Crippen molar-refractivity contribution in [2.24, 2.45) is 0 Å². The molecule has 3 nitrogen and oxygen atoms in total. The van der Waals surface area contributed by atoms with Crippen LogP contribution in [0.4, 0.5) is 4.39 Å². The maximum Gasteiger partial charge on any atom is 0.246 e. The Kier molecular flexibility index (Phi) is 5.00. The third kappa shape index (κ3) is 3.30. The molecule has 2 atom stereocenters. The highest BCUT2D eigenvalue weighted by molar-refractivity contribution is 8.00. The molecule has 112 valence electrons.